The molecular formula is C16H21NO4. The van der Waals surface area contributed by atoms with Crippen LogP contribution >= 0.6 is 0 Å². The van der Waals surface area contributed by atoms with Gasteiger partial charge in [0.2, 0.25) is 0 Å². The van der Waals surface area contributed by atoms with Crippen molar-refractivity contribution < 1.29 is 19.0 Å². The standard InChI is InChI=1S/C16H21NO4/c1-19-15(18)12-3-2-4-14(11-12)17-13-5-7-16(8-6-13)20-9-10-21-16/h2-4,11,13,17H,5-10H2,1H3. The van der Waals surface area contributed by atoms with Gasteiger partial charge in [-0.2, -0.15) is 0 Å². The van der Waals surface area contributed by atoms with E-state index < -0.39 is 0 Å². The summed E-state index contributed by atoms with van der Waals surface area (Å²) in [6, 6.07) is 7.81. The zero-order chi connectivity index (χ0) is 14.7. The van der Waals surface area contributed by atoms with Crippen LogP contribution in [0.1, 0.15) is 36.0 Å². The van der Waals surface area contributed by atoms with E-state index in [9.17, 15) is 4.79 Å². The van der Waals surface area contributed by atoms with Crippen molar-refractivity contribution in [1.29, 1.82) is 0 Å². The van der Waals surface area contributed by atoms with Crippen LogP contribution in [0, 0.1) is 0 Å². The first-order valence-corrected chi connectivity index (χ1v) is 7.44. The van der Waals surface area contributed by atoms with Gasteiger partial charge >= 0.3 is 5.97 Å². The molecule has 5 nitrogen and oxygen atoms in total. The Bertz CT molecular complexity index is 501. The zero-order valence-electron chi connectivity index (χ0n) is 12.3. The Hall–Kier alpha value is -1.59. The third kappa shape index (κ3) is 3.19. The second-order valence-electron chi connectivity index (χ2n) is 5.60. The van der Waals surface area contributed by atoms with Crippen molar-refractivity contribution in [1.82, 2.24) is 0 Å². The maximum absolute atomic E-state index is 11.5. The number of nitrogens with one attached hydrogen (secondary N) is 1. The summed E-state index contributed by atoms with van der Waals surface area (Å²) < 4.78 is 16.2. The number of hydrogen-bond acceptors (Lipinski definition) is 5. The molecule has 21 heavy (non-hydrogen) atoms. The number of carbonyl (C=O) groups excluding carboxylic acids is 1. The minimum atomic E-state index is -0.327. The Morgan fingerprint density at radius 3 is 2.67 bits per heavy atom. The van der Waals surface area contributed by atoms with Gasteiger partial charge in [0.25, 0.3) is 0 Å². The number of carbonyl (C=O) groups is 1. The number of benzene rings is 1. The summed E-state index contributed by atoms with van der Waals surface area (Å²) in [5, 5.41) is 3.49. The number of rotatable bonds is 3. The van der Waals surface area contributed by atoms with Gasteiger partial charge in [0, 0.05) is 24.6 Å². The van der Waals surface area contributed by atoms with Gasteiger partial charge in [-0.05, 0) is 31.0 Å². The molecule has 114 valence electrons. The van der Waals surface area contributed by atoms with Gasteiger partial charge in [-0.1, -0.05) is 6.07 Å². The minimum absolute atomic E-state index is 0.311. The summed E-state index contributed by atoms with van der Waals surface area (Å²) in [4.78, 5) is 11.5. The summed E-state index contributed by atoms with van der Waals surface area (Å²) in [6.45, 7) is 1.42. The fourth-order valence-electron chi connectivity index (χ4n) is 3.08. The molecule has 1 N–H and O–H groups in total. The van der Waals surface area contributed by atoms with Gasteiger partial charge in [0.1, 0.15) is 0 Å². The molecule has 1 spiro atoms. The first kappa shape index (κ1) is 14.4. The van der Waals surface area contributed by atoms with Gasteiger partial charge in [-0.15, -0.1) is 0 Å². The fraction of sp³-hybridized carbons (Fsp3) is 0.562. The molecule has 0 amide bonds. The summed E-state index contributed by atoms with van der Waals surface area (Å²) in [6.07, 6.45) is 3.84. The van der Waals surface area contributed by atoms with Crippen LogP contribution in [0.4, 0.5) is 5.69 Å². The maximum Gasteiger partial charge on any atom is 0.337 e. The van der Waals surface area contributed by atoms with E-state index >= 15 is 0 Å². The van der Waals surface area contributed by atoms with E-state index in [0.29, 0.717) is 24.8 Å². The van der Waals surface area contributed by atoms with Crippen LogP contribution in [0.15, 0.2) is 24.3 Å². The molecule has 1 aliphatic carbocycles. The molecule has 0 radical (unpaired) electrons. The number of ether oxygens (including phenoxy) is 3. The molecule has 2 fully saturated rings. The van der Waals surface area contributed by atoms with Crippen LogP contribution in [0.3, 0.4) is 0 Å². The van der Waals surface area contributed by atoms with Crippen molar-refractivity contribution >= 4 is 11.7 Å². The van der Waals surface area contributed by atoms with Crippen LogP contribution in [0.2, 0.25) is 0 Å². The fourth-order valence-corrected chi connectivity index (χ4v) is 3.08. The Morgan fingerprint density at radius 1 is 1.29 bits per heavy atom. The van der Waals surface area contributed by atoms with E-state index in [0.717, 1.165) is 31.4 Å². The Morgan fingerprint density at radius 2 is 2.00 bits per heavy atom. The van der Waals surface area contributed by atoms with Gasteiger partial charge in [-0.25, -0.2) is 4.79 Å². The van der Waals surface area contributed by atoms with Gasteiger partial charge in [0.05, 0.1) is 25.9 Å². The smallest absolute Gasteiger partial charge is 0.337 e. The topological polar surface area (TPSA) is 56.8 Å². The Balaban J connectivity index is 1.59. The lowest BCUT2D eigenvalue weighted by molar-refractivity contribution is -0.177. The molecule has 1 aromatic carbocycles. The molecule has 0 atom stereocenters. The molecule has 1 aliphatic heterocycles. The Kier molecular flexibility index (Phi) is 4.12. The first-order valence-electron chi connectivity index (χ1n) is 7.44. The van der Waals surface area contributed by atoms with E-state index in [1.54, 1.807) is 6.07 Å². The number of hydrogen-bond donors (Lipinski definition) is 1. The van der Waals surface area contributed by atoms with Crippen LogP contribution in [-0.4, -0.2) is 38.1 Å². The van der Waals surface area contributed by atoms with Gasteiger partial charge in [-0.3, -0.25) is 0 Å². The molecule has 1 aromatic rings. The predicted molar refractivity (Wildman–Crippen MR) is 78.3 cm³/mol. The number of esters is 1. The van der Waals surface area contributed by atoms with Crippen molar-refractivity contribution in [2.75, 3.05) is 25.6 Å². The van der Waals surface area contributed by atoms with E-state index in [-0.39, 0.29) is 11.8 Å². The lowest BCUT2D eigenvalue weighted by Gasteiger charge is -2.36. The third-order valence-corrected chi connectivity index (χ3v) is 4.22. The Labute approximate surface area is 124 Å². The summed E-state index contributed by atoms with van der Waals surface area (Å²) in [7, 11) is 1.39. The average Bonchev–Trinajstić information content (AvgIpc) is 2.98. The predicted octanol–water partition coefficient (Wildman–Crippen LogP) is 2.57. The van der Waals surface area contributed by atoms with Crippen molar-refractivity contribution in [3.63, 3.8) is 0 Å². The number of anilines is 1. The monoisotopic (exact) mass is 291 g/mol. The average molecular weight is 291 g/mol. The minimum Gasteiger partial charge on any atom is -0.465 e. The normalized spacial score (nSPS) is 21.4. The second kappa shape index (κ2) is 6.03. The quantitative estimate of drug-likeness (QED) is 0.867. The molecule has 3 rings (SSSR count). The van der Waals surface area contributed by atoms with Crippen LogP contribution < -0.4 is 5.32 Å². The molecule has 1 saturated carbocycles. The van der Waals surface area contributed by atoms with E-state index in [2.05, 4.69) is 5.32 Å². The highest BCUT2D eigenvalue weighted by Crippen LogP contribution is 2.36. The van der Waals surface area contributed by atoms with Crippen LogP contribution in [-0.2, 0) is 14.2 Å². The molecular weight excluding hydrogens is 270 g/mol. The maximum atomic E-state index is 11.5. The zero-order valence-corrected chi connectivity index (χ0v) is 12.3. The SMILES string of the molecule is COC(=O)c1cccc(NC2CCC3(CC2)OCCO3)c1. The van der Waals surface area contributed by atoms with Crippen LogP contribution in [0.25, 0.3) is 0 Å². The highest BCUT2D eigenvalue weighted by atomic mass is 16.7. The second-order valence-corrected chi connectivity index (χ2v) is 5.60. The molecule has 0 bridgehead atoms. The first-order chi connectivity index (χ1) is 10.2. The van der Waals surface area contributed by atoms with Crippen molar-refractivity contribution in [3.05, 3.63) is 29.8 Å². The van der Waals surface area contributed by atoms with Gasteiger partial charge in [0.15, 0.2) is 5.79 Å². The molecule has 2 aliphatic rings. The highest BCUT2D eigenvalue weighted by molar-refractivity contribution is 5.90. The van der Waals surface area contributed by atoms with Crippen molar-refractivity contribution in [3.8, 4) is 0 Å². The van der Waals surface area contributed by atoms with E-state index in [4.69, 9.17) is 14.2 Å². The lowest BCUT2D eigenvalue weighted by atomic mass is 9.90. The van der Waals surface area contributed by atoms with E-state index in [1.807, 2.05) is 18.2 Å². The van der Waals surface area contributed by atoms with Crippen molar-refractivity contribution in [2.24, 2.45) is 0 Å². The lowest BCUT2D eigenvalue weighted by Crippen LogP contribution is -2.39. The molecule has 5 heteroatoms. The van der Waals surface area contributed by atoms with Gasteiger partial charge < -0.3 is 19.5 Å². The molecule has 1 heterocycles. The molecule has 0 unspecified atom stereocenters. The largest absolute Gasteiger partial charge is 0.465 e. The summed E-state index contributed by atoms with van der Waals surface area (Å²) in [5.74, 6) is -0.638. The van der Waals surface area contributed by atoms with Crippen LogP contribution in [0.5, 0.6) is 0 Å². The molecule has 0 aromatic heterocycles. The summed E-state index contributed by atoms with van der Waals surface area (Å²) >= 11 is 0. The molecule has 1 saturated heterocycles. The van der Waals surface area contributed by atoms with Crippen molar-refractivity contribution in [2.45, 2.75) is 37.5 Å². The summed E-state index contributed by atoms with van der Waals surface area (Å²) in [5.41, 5.74) is 1.52. The van der Waals surface area contributed by atoms with E-state index in [1.165, 1.54) is 7.11 Å². The number of methoxy groups -OCH3 is 1. The third-order valence-electron chi connectivity index (χ3n) is 4.22. The highest BCUT2D eigenvalue weighted by Gasteiger charge is 2.40.